The van der Waals surface area contributed by atoms with Crippen LogP contribution in [0.4, 0.5) is 13.2 Å². The molecule has 1 aromatic carbocycles. The van der Waals surface area contributed by atoms with Crippen molar-refractivity contribution in [2.75, 3.05) is 0 Å². The highest BCUT2D eigenvalue weighted by Crippen LogP contribution is 2.36. The molecule has 0 saturated heterocycles. The molecule has 6 heteroatoms. The molecular weight excluding hydrogens is 277 g/mol. The number of rotatable bonds is 2. The van der Waals surface area contributed by atoms with E-state index in [4.69, 9.17) is 5.11 Å². The Balaban J connectivity index is 2.59. The summed E-state index contributed by atoms with van der Waals surface area (Å²) >= 11 is 1.32. The Morgan fingerprint density at radius 2 is 1.95 bits per heavy atom. The van der Waals surface area contributed by atoms with Crippen LogP contribution in [0.1, 0.15) is 21.5 Å². The van der Waals surface area contributed by atoms with Crippen molar-refractivity contribution in [2.24, 2.45) is 0 Å². The normalized spacial score (nSPS) is 11.6. The van der Waals surface area contributed by atoms with E-state index >= 15 is 0 Å². The molecule has 2 aromatic rings. The quantitative estimate of drug-likeness (QED) is 0.886. The average Bonchev–Trinajstić information content (AvgIpc) is 2.74. The lowest BCUT2D eigenvalue weighted by Gasteiger charge is -2.11. The summed E-state index contributed by atoms with van der Waals surface area (Å²) in [5.74, 6) is -1.58. The van der Waals surface area contributed by atoms with Crippen LogP contribution in [0.3, 0.4) is 0 Å². The van der Waals surface area contributed by atoms with Crippen molar-refractivity contribution in [3.63, 3.8) is 0 Å². The zero-order chi connectivity index (χ0) is 14.2. The Hall–Kier alpha value is -1.82. The van der Waals surface area contributed by atoms with Crippen LogP contribution in [0.2, 0.25) is 0 Å². The molecule has 1 aromatic heterocycles. The minimum absolute atomic E-state index is 0.371. The first-order chi connectivity index (χ1) is 8.79. The smallest absolute Gasteiger partial charge is 0.417 e. The van der Waals surface area contributed by atoms with E-state index in [1.54, 1.807) is 6.07 Å². The van der Waals surface area contributed by atoms with Crippen molar-refractivity contribution >= 4 is 17.3 Å². The first-order valence-corrected chi connectivity index (χ1v) is 6.17. The van der Waals surface area contributed by atoms with Crippen molar-refractivity contribution in [1.82, 2.24) is 0 Å². The summed E-state index contributed by atoms with van der Waals surface area (Å²) in [6, 6.07) is 5.04. The van der Waals surface area contributed by atoms with Crippen molar-refractivity contribution in [2.45, 2.75) is 13.1 Å². The SMILES string of the molecule is Cc1csc(-c2ccc(C(=O)O)c(C(F)(F)F)c2)c1. The van der Waals surface area contributed by atoms with E-state index in [1.165, 1.54) is 17.4 Å². The Morgan fingerprint density at radius 3 is 2.42 bits per heavy atom. The topological polar surface area (TPSA) is 37.3 Å². The van der Waals surface area contributed by atoms with Crippen LogP contribution in [-0.4, -0.2) is 11.1 Å². The lowest BCUT2D eigenvalue weighted by molar-refractivity contribution is -0.138. The maximum Gasteiger partial charge on any atom is 0.417 e. The molecule has 0 fully saturated rings. The summed E-state index contributed by atoms with van der Waals surface area (Å²) in [5, 5.41) is 10.6. The van der Waals surface area contributed by atoms with Crippen LogP contribution in [0.5, 0.6) is 0 Å². The highest BCUT2D eigenvalue weighted by atomic mass is 32.1. The Labute approximate surface area is 111 Å². The molecule has 100 valence electrons. The molecule has 0 aliphatic heterocycles. The zero-order valence-corrected chi connectivity index (χ0v) is 10.6. The molecule has 2 rings (SSSR count). The van der Waals surface area contributed by atoms with E-state index in [1.807, 2.05) is 12.3 Å². The van der Waals surface area contributed by atoms with Crippen LogP contribution in [0.15, 0.2) is 29.6 Å². The van der Waals surface area contributed by atoms with E-state index in [0.717, 1.165) is 17.7 Å². The fraction of sp³-hybridized carbons (Fsp3) is 0.154. The Kier molecular flexibility index (Phi) is 3.36. The van der Waals surface area contributed by atoms with Crippen LogP contribution < -0.4 is 0 Å². The number of halogens is 3. The van der Waals surface area contributed by atoms with Gasteiger partial charge in [0, 0.05) is 4.88 Å². The molecule has 0 unspecified atom stereocenters. The first-order valence-electron chi connectivity index (χ1n) is 5.29. The van der Waals surface area contributed by atoms with Gasteiger partial charge in [0.1, 0.15) is 0 Å². The zero-order valence-electron chi connectivity index (χ0n) is 9.78. The summed E-state index contributed by atoms with van der Waals surface area (Å²) in [6.07, 6.45) is -4.68. The van der Waals surface area contributed by atoms with Gasteiger partial charge < -0.3 is 5.11 Å². The van der Waals surface area contributed by atoms with Crippen molar-refractivity contribution in [1.29, 1.82) is 0 Å². The Bertz CT molecular complexity index is 629. The van der Waals surface area contributed by atoms with Gasteiger partial charge in [0.2, 0.25) is 0 Å². The van der Waals surface area contributed by atoms with Gasteiger partial charge in [0.15, 0.2) is 0 Å². The molecule has 2 nitrogen and oxygen atoms in total. The van der Waals surface area contributed by atoms with Gasteiger partial charge in [0.05, 0.1) is 11.1 Å². The number of alkyl halides is 3. The highest BCUT2D eigenvalue weighted by Gasteiger charge is 2.35. The lowest BCUT2D eigenvalue weighted by atomic mass is 10.0. The third kappa shape index (κ3) is 2.78. The molecule has 1 heterocycles. The average molecular weight is 286 g/mol. The molecule has 0 radical (unpaired) electrons. The summed E-state index contributed by atoms with van der Waals surface area (Å²) < 4.78 is 38.5. The predicted octanol–water partition coefficient (Wildman–Crippen LogP) is 4.44. The third-order valence-electron chi connectivity index (χ3n) is 2.57. The number of aromatic carboxylic acids is 1. The molecule has 1 N–H and O–H groups in total. The van der Waals surface area contributed by atoms with E-state index in [-0.39, 0.29) is 0 Å². The van der Waals surface area contributed by atoms with Crippen LogP contribution in [0, 0.1) is 6.92 Å². The fourth-order valence-corrected chi connectivity index (χ4v) is 2.60. The van der Waals surface area contributed by atoms with Gasteiger partial charge in [-0.2, -0.15) is 13.2 Å². The van der Waals surface area contributed by atoms with Crippen molar-refractivity contribution in [3.8, 4) is 10.4 Å². The van der Waals surface area contributed by atoms with Gasteiger partial charge in [-0.25, -0.2) is 4.79 Å². The van der Waals surface area contributed by atoms with Gasteiger partial charge in [-0.05, 0) is 41.6 Å². The number of carbonyl (C=O) groups is 1. The minimum atomic E-state index is -4.68. The maximum absolute atomic E-state index is 12.8. The van der Waals surface area contributed by atoms with Crippen molar-refractivity contribution in [3.05, 3.63) is 46.3 Å². The molecule has 19 heavy (non-hydrogen) atoms. The molecule has 0 aliphatic rings. The van der Waals surface area contributed by atoms with E-state index in [2.05, 4.69) is 0 Å². The van der Waals surface area contributed by atoms with Gasteiger partial charge in [-0.3, -0.25) is 0 Å². The fourth-order valence-electron chi connectivity index (χ4n) is 1.70. The molecule has 0 aliphatic carbocycles. The van der Waals surface area contributed by atoms with Gasteiger partial charge in [-0.15, -0.1) is 11.3 Å². The van der Waals surface area contributed by atoms with Gasteiger partial charge >= 0.3 is 12.1 Å². The molecule has 0 atom stereocenters. The molecule has 0 amide bonds. The van der Waals surface area contributed by atoms with Gasteiger partial charge in [0.25, 0.3) is 0 Å². The summed E-state index contributed by atoms with van der Waals surface area (Å²) in [5.41, 5.74) is -0.528. The standard InChI is InChI=1S/C13H9F3O2S/c1-7-4-11(19-6-7)8-2-3-9(12(17)18)10(5-8)13(14,15)16/h2-6H,1H3,(H,17,18). The monoisotopic (exact) mass is 286 g/mol. The second-order valence-corrected chi connectivity index (χ2v) is 4.96. The number of hydrogen-bond acceptors (Lipinski definition) is 2. The highest BCUT2D eigenvalue weighted by molar-refractivity contribution is 7.13. The number of carboxylic acids is 1. The molecule has 0 saturated carbocycles. The van der Waals surface area contributed by atoms with Crippen LogP contribution >= 0.6 is 11.3 Å². The first kappa shape index (κ1) is 13.6. The summed E-state index contributed by atoms with van der Waals surface area (Å²) in [4.78, 5) is 11.5. The Morgan fingerprint density at radius 1 is 1.26 bits per heavy atom. The van der Waals surface area contributed by atoms with E-state index < -0.39 is 23.3 Å². The lowest BCUT2D eigenvalue weighted by Crippen LogP contribution is -2.12. The van der Waals surface area contributed by atoms with Crippen LogP contribution in [0.25, 0.3) is 10.4 Å². The number of hydrogen-bond donors (Lipinski definition) is 1. The second kappa shape index (κ2) is 4.70. The molecular formula is C13H9F3O2S. The summed E-state index contributed by atoms with van der Waals surface area (Å²) in [6.45, 7) is 1.84. The largest absolute Gasteiger partial charge is 0.478 e. The molecule has 0 bridgehead atoms. The summed E-state index contributed by atoms with van der Waals surface area (Å²) in [7, 11) is 0. The minimum Gasteiger partial charge on any atom is -0.478 e. The van der Waals surface area contributed by atoms with E-state index in [9.17, 15) is 18.0 Å². The predicted molar refractivity (Wildman–Crippen MR) is 66.5 cm³/mol. The van der Waals surface area contributed by atoms with Crippen LogP contribution in [-0.2, 0) is 6.18 Å². The van der Waals surface area contributed by atoms with Crippen molar-refractivity contribution < 1.29 is 23.1 Å². The van der Waals surface area contributed by atoms with Gasteiger partial charge in [-0.1, -0.05) is 6.07 Å². The number of aryl methyl sites for hydroxylation is 1. The number of carboxylic acid groups (broad SMARTS) is 1. The number of benzene rings is 1. The second-order valence-electron chi connectivity index (χ2n) is 4.05. The van der Waals surface area contributed by atoms with E-state index in [0.29, 0.717) is 10.4 Å². The third-order valence-corrected chi connectivity index (χ3v) is 3.67. The number of thiophene rings is 1. The maximum atomic E-state index is 12.8. The molecule has 0 spiro atoms.